The first-order valence-corrected chi connectivity index (χ1v) is 6.33. The maximum atomic E-state index is 10.8. The molecule has 2 aromatic rings. The maximum absolute atomic E-state index is 10.8. The number of benzene rings is 1. The van der Waals surface area contributed by atoms with Gasteiger partial charge in [-0.1, -0.05) is 26.2 Å². The highest BCUT2D eigenvalue weighted by Crippen LogP contribution is 2.19. The van der Waals surface area contributed by atoms with Crippen LogP contribution in [0.5, 0.6) is 0 Å². The summed E-state index contributed by atoms with van der Waals surface area (Å²) < 4.78 is 5.56. The molecule has 2 rings (SSSR count). The van der Waals surface area contributed by atoms with Crippen molar-refractivity contribution in [2.24, 2.45) is 0 Å². The number of aromatic nitrogens is 1. The van der Waals surface area contributed by atoms with Gasteiger partial charge in [0.05, 0.1) is 5.56 Å². The Morgan fingerprint density at radius 3 is 2.89 bits per heavy atom. The number of aromatic carboxylic acids is 1. The number of hydrogen-bond donors (Lipinski definition) is 1. The highest BCUT2D eigenvalue weighted by atomic mass is 16.4. The van der Waals surface area contributed by atoms with Gasteiger partial charge in [-0.05, 0) is 24.6 Å². The number of rotatable bonds is 6. The molecule has 0 bridgehead atoms. The van der Waals surface area contributed by atoms with Crippen molar-refractivity contribution in [3.8, 4) is 0 Å². The van der Waals surface area contributed by atoms with Crippen LogP contribution >= 0.6 is 0 Å². The fourth-order valence-electron chi connectivity index (χ4n) is 1.92. The van der Waals surface area contributed by atoms with Gasteiger partial charge in [0.2, 0.25) is 0 Å². The largest absolute Gasteiger partial charge is 0.478 e. The summed E-state index contributed by atoms with van der Waals surface area (Å²) in [7, 11) is 0. The summed E-state index contributed by atoms with van der Waals surface area (Å²) in [6, 6.07) is 4.77. The smallest absolute Gasteiger partial charge is 0.335 e. The lowest BCUT2D eigenvalue weighted by Gasteiger charge is -1.94. The van der Waals surface area contributed by atoms with Gasteiger partial charge in [0, 0.05) is 6.42 Å². The number of carbonyl (C=O) groups is 1. The predicted octanol–water partition coefficient (Wildman–Crippen LogP) is 3.65. The van der Waals surface area contributed by atoms with Crippen LogP contribution in [0.25, 0.3) is 11.1 Å². The fraction of sp³-hybridized carbons (Fsp3) is 0.429. The average molecular weight is 247 g/mol. The highest BCUT2D eigenvalue weighted by molar-refractivity contribution is 5.91. The summed E-state index contributed by atoms with van der Waals surface area (Å²) in [6.45, 7) is 2.17. The number of carboxylic acids is 1. The molecule has 0 unspecified atom stereocenters. The van der Waals surface area contributed by atoms with Gasteiger partial charge in [0.25, 0.3) is 0 Å². The van der Waals surface area contributed by atoms with E-state index in [1.54, 1.807) is 12.1 Å². The van der Waals surface area contributed by atoms with Gasteiger partial charge in [-0.3, -0.25) is 0 Å². The van der Waals surface area contributed by atoms with Crippen molar-refractivity contribution >= 4 is 17.1 Å². The number of oxazole rings is 1. The standard InChI is InChI=1S/C14H17NO3/c1-2-3-4-5-6-13-15-11-8-7-10(14(16)17)9-12(11)18-13/h7-9H,2-6H2,1H3,(H,16,17). The molecule has 0 aliphatic carbocycles. The Kier molecular flexibility index (Phi) is 3.97. The molecule has 0 atom stereocenters. The molecule has 0 aliphatic heterocycles. The quantitative estimate of drug-likeness (QED) is 0.791. The molecule has 1 heterocycles. The summed E-state index contributed by atoms with van der Waals surface area (Å²) in [5.74, 6) is -0.249. The van der Waals surface area contributed by atoms with Gasteiger partial charge < -0.3 is 9.52 Å². The van der Waals surface area contributed by atoms with Crippen molar-refractivity contribution in [2.45, 2.75) is 39.0 Å². The molecule has 0 amide bonds. The van der Waals surface area contributed by atoms with Crippen LogP contribution in [-0.4, -0.2) is 16.1 Å². The van der Waals surface area contributed by atoms with Crippen molar-refractivity contribution in [1.29, 1.82) is 0 Å². The van der Waals surface area contributed by atoms with E-state index in [0.29, 0.717) is 11.5 Å². The molecule has 18 heavy (non-hydrogen) atoms. The van der Waals surface area contributed by atoms with Crippen LogP contribution in [0.15, 0.2) is 22.6 Å². The maximum Gasteiger partial charge on any atom is 0.335 e. The monoisotopic (exact) mass is 247 g/mol. The van der Waals surface area contributed by atoms with E-state index in [0.717, 1.165) is 18.4 Å². The molecule has 1 aromatic carbocycles. The Morgan fingerprint density at radius 2 is 2.17 bits per heavy atom. The van der Waals surface area contributed by atoms with Crippen molar-refractivity contribution < 1.29 is 14.3 Å². The number of aryl methyl sites for hydroxylation is 1. The molecule has 0 radical (unpaired) electrons. The van der Waals surface area contributed by atoms with E-state index in [9.17, 15) is 4.79 Å². The van der Waals surface area contributed by atoms with E-state index in [2.05, 4.69) is 11.9 Å². The minimum atomic E-state index is -0.946. The van der Waals surface area contributed by atoms with Crippen molar-refractivity contribution in [3.05, 3.63) is 29.7 Å². The molecular formula is C14H17NO3. The molecule has 0 spiro atoms. The molecule has 1 N–H and O–H groups in total. The normalized spacial score (nSPS) is 10.9. The number of fused-ring (bicyclic) bond motifs is 1. The SMILES string of the molecule is CCCCCCc1nc2ccc(C(=O)O)cc2o1. The highest BCUT2D eigenvalue weighted by Gasteiger charge is 2.09. The van der Waals surface area contributed by atoms with Crippen molar-refractivity contribution in [1.82, 2.24) is 4.98 Å². The van der Waals surface area contributed by atoms with Crippen molar-refractivity contribution in [2.75, 3.05) is 0 Å². The third kappa shape index (κ3) is 2.88. The minimum absolute atomic E-state index is 0.233. The third-order valence-corrected chi connectivity index (χ3v) is 2.92. The first kappa shape index (κ1) is 12.6. The van der Waals surface area contributed by atoms with Gasteiger partial charge in [-0.15, -0.1) is 0 Å². The van der Waals surface area contributed by atoms with E-state index in [1.807, 2.05) is 0 Å². The fourth-order valence-corrected chi connectivity index (χ4v) is 1.92. The van der Waals surface area contributed by atoms with Gasteiger partial charge >= 0.3 is 5.97 Å². The third-order valence-electron chi connectivity index (χ3n) is 2.92. The van der Waals surface area contributed by atoms with Gasteiger partial charge in [0.15, 0.2) is 11.5 Å². The van der Waals surface area contributed by atoms with Crippen LogP contribution in [-0.2, 0) is 6.42 Å². The number of nitrogens with zero attached hydrogens (tertiary/aromatic N) is 1. The molecule has 0 saturated heterocycles. The zero-order valence-corrected chi connectivity index (χ0v) is 10.5. The van der Waals surface area contributed by atoms with Gasteiger partial charge in [-0.2, -0.15) is 0 Å². The van der Waals surface area contributed by atoms with Crippen molar-refractivity contribution in [3.63, 3.8) is 0 Å². The second-order valence-electron chi connectivity index (χ2n) is 4.41. The first-order chi connectivity index (χ1) is 8.70. The lowest BCUT2D eigenvalue weighted by atomic mass is 10.1. The first-order valence-electron chi connectivity index (χ1n) is 6.33. The van der Waals surface area contributed by atoms with Crippen LogP contribution in [0, 0.1) is 0 Å². The number of unbranched alkanes of at least 4 members (excludes halogenated alkanes) is 3. The number of hydrogen-bond acceptors (Lipinski definition) is 3. The number of carboxylic acid groups (broad SMARTS) is 1. The van der Waals surface area contributed by atoms with E-state index >= 15 is 0 Å². The lowest BCUT2D eigenvalue weighted by Crippen LogP contribution is -1.94. The van der Waals surface area contributed by atoms with E-state index in [-0.39, 0.29) is 5.56 Å². The topological polar surface area (TPSA) is 63.3 Å². The summed E-state index contributed by atoms with van der Waals surface area (Å²) in [4.78, 5) is 15.2. The lowest BCUT2D eigenvalue weighted by molar-refractivity contribution is 0.0697. The molecular weight excluding hydrogens is 230 g/mol. The molecule has 0 aliphatic rings. The van der Waals surface area contributed by atoms with Crippen LogP contribution in [0.1, 0.15) is 48.9 Å². The summed E-state index contributed by atoms with van der Waals surface area (Å²) in [5.41, 5.74) is 1.52. The van der Waals surface area contributed by atoms with Crippen LogP contribution in [0.3, 0.4) is 0 Å². The molecule has 96 valence electrons. The van der Waals surface area contributed by atoms with Gasteiger partial charge in [-0.25, -0.2) is 9.78 Å². The summed E-state index contributed by atoms with van der Waals surface area (Å²) in [6.07, 6.45) is 5.48. The molecule has 4 nitrogen and oxygen atoms in total. The Morgan fingerprint density at radius 1 is 1.33 bits per heavy atom. The molecule has 1 aromatic heterocycles. The average Bonchev–Trinajstić information content (AvgIpc) is 2.76. The molecule has 4 heteroatoms. The van der Waals surface area contributed by atoms with E-state index in [1.165, 1.54) is 25.3 Å². The summed E-state index contributed by atoms with van der Waals surface area (Å²) >= 11 is 0. The molecule has 0 saturated carbocycles. The zero-order chi connectivity index (χ0) is 13.0. The van der Waals surface area contributed by atoms with Crippen LogP contribution in [0.4, 0.5) is 0 Å². The second-order valence-corrected chi connectivity index (χ2v) is 4.41. The van der Waals surface area contributed by atoms with Gasteiger partial charge in [0.1, 0.15) is 5.52 Å². The van der Waals surface area contributed by atoms with Crippen LogP contribution < -0.4 is 0 Å². The Hall–Kier alpha value is -1.84. The van der Waals surface area contributed by atoms with E-state index < -0.39 is 5.97 Å². The Balaban J connectivity index is 2.09. The predicted molar refractivity (Wildman–Crippen MR) is 68.8 cm³/mol. The van der Waals surface area contributed by atoms with E-state index in [4.69, 9.17) is 9.52 Å². The van der Waals surface area contributed by atoms with Crippen LogP contribution in [0.2, 0.25) is 0 Å². The Bertz CT molecular complexity index is 545. The second kappa shape index (κ2) is 5.67. The minimum Gasteiger partial charge on any atom is -0.478 e. The Labute approximate surface area is 106 Å². The zero-order valence-electron chi connectivity index (χ0n) is 10.5. The molecule has 0 fully saturated rings. The summed E-state index contributed by atoms with van der Waals surface area (Å²) in [5, 5.41) is 8.89.